The van der Waals surface area contributed by atoms with Crippen LogP contribution in [0.4, 0.5) is 0 Å². The first kappa shape index (κ1) is 25.8. The standard InChI is InChI=1S/C30H48O4/c1-19(8-7-9-20(2)28(32)33-6)25-12-13-26-24-11-10-22-18-23(34-21(3)31)14-16-29(22,4)27(24)15-17-30(25,26)5/h11,19-20,22-23,25-27H,7-10,12-18H2,1-6H3/t19-,20+,22+,23+,25-,26+,27+,29+,30-/m1/s1. The van der Waals surface area contributed by atoms with Gasteiger partial charge in [-0.3, -0.25) is 9.59 Å². The SMILES string of the molecule is COC(=O)[C@@H](C)CCC[C@@H](C)[C@H]1CC[C@H]2C3=CC[C@H]4C[C@@H](OC(C)=O)CC[C@]4(C)[C@H]3CC[C@]12C. The molecule has 4 nitrogen and oxygen atoms in total. The van der Waals surface area contributed by atoms with E-state index in [-0.39, 0.29) is 24.0 Å². The molecule has 4 aliphatic carbocycles. The quantitative estimate of drug-likeness (QED) is 0.292. The Kier molecular flexibility index (Phi) is 7.56. The number of fused-ring (bicyclic) bond motifs is 5. The third-order valence-electron chi connectivity index (χ3n) is 11.0. The molecule has 4 aliphatic rings. The Morgan fingerprint density at radius 1 is 1.03 bits per heavy atom. The average molecular weight is 473 g/mol. The van der Waals surface area contributed by atoms with Crippen LogP contribution in [0.2, 0.25) is 0 Å². The maximum Gasteiger partial charge on any atom is 0.308 e. The molecular weight excluding hydrogens is 424 g/mol. The van der Waals surface area contributed by atoms with Crippen LogP contribution < -0.4 is 0 Å². The highest BCUT2D eigenvalue weighted by atomic mass is 16.5. The molecular formula is C30H48O4. The van der Waals surface area contributed by atoms with Crippen molar-refractivity contribution in [1.29, 1.82) is 0 Å². The molecule has 4 rings (SSSR count). The first-order chi connectivity index (χ1) is 16.1. The summed E-state index contributed by atoms with van der Waals surface area (Å²) in [6, 6.07) is 0. The third-order valence-corrected chi connectivity index (χ3v) is 11.0. The van der Waals surface area contributed by atoms with Crippen LogP contribution in [0, 0.1) is 46.3 Å². The number of rotatable bonds is 7. The van der Waals surface area contributed by atoms with Gasteiger partial charge in [-0.1, -0.05) is 52.2 Å². The molecule has 0 saturated heterocycles. The van der Waals surface area contributed by atoms with E-state index < -0.39 is 0 Å². The molecule has 0 radical (unpaired) electrons. The molecule has 3 fully saturated rings. The van der Waals surface area contributed by atoms with Gasteiger partial charge >= 0.3 is 11.9 Å². The number of methoxy groups -OCH3 is 1. The Hall–Kier alpha value is -1.32. The van der Waals surface area contributed by atoms with Crippen LogP contribution in [-0.4, -0.2) is 25.2 Å². The number of carbonyl (C=O) groups is 2. The van der Waals surface area contributed by atoms with Gasteiger partial charge in [0.15, 0.2) is 0 Å². The van der Waals surface area contributed by atoms with Crippen molar-refractivity contribution in [3.8, 4) is 0 Å². The number of ether oxygens (including phenoxy) is 2. The number of hydrogen-bond donors (Lipinski definition) is 0. The average Bonchev–Trinajstić information content (AvgIpc) is 3.15. The Morgan fingerprint density at radius 2 is 1.74 bits per heavy atom. The summed E-state index contributed by atoms with van der Waals surface area (Å²) in [5, 5.41) is 0. The van der Waals surface area contributed by atoms with Crippen LogP contribution in [0.15, 0.2) is 11.6 Å². The summed E-state index contributed by atoms with van der Waals surface area (Å²) >= 11 is 0. The maximum absolute atomic E-state index is 11.8. The van der Waals surface area contributed by atoms with Crippen molar-refractivity contribution < 1.29 is 19.1 Å². The molecule has 0 bridgehead atoms. The lowest BCUT2D eigenvalue weighted by atomic mass is 9.47. The van der Waals surface area contributed by atoms with Gasteiger partial charge in [0.2, 0.25) is 0 Å². The topological polar surface area (TPSA) is 52.6 Å². The smallest absolute Gasteiger partial charge is 0.308 e. The number of allylic oxidation sites excluding steroid dienone is 2. The van der Waals surface area contributed by atoms with E-state index in [9.17, 15) is 9.59 Å². The summed E-state index contributed by atoms with van der Waals surface area (Å²) < 4.78 is 10.5. The summed E-state index contributed by atoms with van der Waals surface area (Å²) in [5.74, 6) is 3.43. The molecule has 0 heterocycles. The number of hydrogen-bond acceptors (Lipinski definition) is 4. The van der Waals surface area contributed by atoms with Crippen molar-refractivity contribution in [2.75, 3.05) is 7.11 Å². The van der Waals surface area contributed by atoms with Crippen LogP contribution in [0.25, 0.3) is 0 Å². The largest absolute Gasteiger partial charge is 0.469 e. The summed E-state index contributed by atoms with van der Waals surface area (Å²) in [4.78, 5) is 23.3. The van der Waals surface area contributed by atoms with Crippen LogP contribution in [0.1, 0.15) is 105 Å². The molecule has 34 heavy (non-hydrogen) atoms. The van der Waals surface area contributed by atoms with Gasteiger partial charge in [0.1, 0.15) is 6.10 Å². The second kappa shape index (κ2) is 9.97. The lowest BCUT2D eigenvalue weighted by Crippen LogP contribution is -2.50. The predicted molar refractivity (Wildman–Crippen MR) is 135 cm³/mol. The second-order valence-electron chi connectivity index (χ2n) is 12.8. The van der Waals surface area contributed by atoms with Crippen molar-refractivity contribution in [2.24, 2.45) is 46.3 Å². The third kappa shape index (κ3) is 4.60. The van der Waals surface area contributed by atoms with Crippen molar-refractivity contribution in [3.05, 3.63) is 11.6 Å². The number of carbonyl (C=O) groups excluding carboxylic acids is 2. The van der Waals surface area contributed by atoms with Crippen molar-refractivity contribution in [3.63, 3.8) is 0 Å². The molecule has 0 aromatic carbocycles. The fraction of sp³-hybridized carbons (Fsp3) is 0.867. The van der Waals surface area contributed by atoms with E-state index in [0.29, 0.717) is 22.7 Å². The minimum Gasteiger partial charge on any atom is -0.469 e. The fourth-order valence-electron chi connectivity index (χ4n) is 9.06. The van der Waals surface area contributed by atoms with Gasteiger partial charge in [-0.25, -0.2) is 0 Å². The highest BCUT2D eigenvalue weighted by Gasteiger charge is 2.58. The Bertz CT molecular complexity index is 802. The van der Waals surface area contributed by atoms with E-state index in [1.807, 2.05) is 6.92 Å². The fourth-order valence-corrected chi connectivity index (χ4v) is 9.06. The lowest BCUT2D eigenvalue weighted by Gasteiger charge is -2.58. The molecule has 0 unspecified atom stereocenters. The molecule has 0 amide bonds. The summed E-state index contributed by atoms with van der Waals surface area (Å²) in [7, 11) is 1.49. The first-order valence-electron chi connectivity index (χ1n) is 14.0. The monoisotopic (exact) mass is 472 g/mol. The van der Waals surface area contributed by atoms with Gasteiger partial charge in [-0.15, -0.1) is 0 Å². The molecule has 0 N–H and O–H groups in total. The molecule has 3 saturated carbocycles. The molecule has 0 aromatic heterocycles. The Labute approximate surface area is 207 Å². The minimum absolute atomic E-state index is 0.0107. The van der Waals surface area contributed by atoms with E-state index in [4.69, 9.17) is 9.47 Å². The van der Waals surface area contributed by atoms with Crippen molar-refractivity contribution in [1.82, 2.24) is 0 Å². The van der Waals surface area contributed by atoms with Crippen LogP contribution in [-0.2, 0) is 19.1 Å². The minimum atomic E-state index is -0.125. The highest BCUT2D eigenvalue weighted by molar-refractivity contribution is 5.71. The van der Waals surface area contributed by atoms with Crippen molar-refractivity contribution >= 4 is 11.9 Å². The lowest BCUT2D eigenvalue weighted by molar-refractivity contribution is -0.152. The second-order valence-corrected chi connectivity index (χ2v) is 12.8. The number of esters is 2. The van der Waals surface area contributed by atoms with Gasteiger partial charge in [-0.05, 0) is 98.2 Å². The van der Waals surface area contributed by atoms with Crippen LogP contribution >= 0.6 is 0 Å². The normalized spacial score (nSPS) is 40.8. The molecule has 192 valence electrons. The van der Waals surface area contributed by atoms with Crippen LogP contribution in [0.3, 0.4) is 0 Å². The first-order valence-corrected chi connectivity index (χ1v) is 14.0. The zero-order valence-electron chi connectivity index (χ0n) is 22.5. The van der Waals surface area contributed by atoms with E-state index in [0.717, 1.165) is 49.9 Å². The van der Waals surface area contributed by atoms with Gasteiger partial charge in [0.25, 0.3) is 0 Å². The van der Waals surface area contributed by atoms with Gasteiger partial charge in [0.05, 0.1) is 13.0 Å². The van der Waals surface area contributed by atoms with E-state index >= 15 is 0 Å². The molecule has 9 atom stereocenters. The zero-order valence-corrected chi connectivity index (χ0v) is 22.5. The summed E-state index contributed by atoms with van der Waals surface area (Å²) in [6.07, 6.45) is 15.8. The molecule has 0 aromatic rings. The van der Waals surface area contributed by atoms with Gasteiger partial charge in [-0.2, -0.15) is 0 Å². The highest BCUT2D eigenvalue weighted by Crippen LogP contribution is 2.67. The molecule has 0 aliphatic heterocycles. The van der Waals surface area contributed by atoms with Crippen molar-refractivity contribution in [2.45, 2.75) is 111 Å². The maximum atomic E-state index is 11.8. The van der Waals surface area contributed by atoms with E-state index in [2.05, 4.69) is 26.8 Å². The van der Waals surface area contributed by atoms with Gasteiger partial charge in [0, 0.05) is 6.92 Å². The van der Waals surface area contributed by atoms with E-state index in [1.165, 1.54) is 45.6 Å². The zero-order chi connectivity index (χ0) is 24.7. The molecule has 4 heteroatoms. The van der Waals surface area contributed by atoms with Gasteiger partial charge < -0.3 is 9.47 Å². The van der Waals surface area contributed by atoms with E-state index in [1.54, 1.807) is 12.5 Å². The Balaban J connectivity index is 1.41. The Morgan fingerprint density at radius 3 is 2.44 bits per heavy atom. The summed E-state index contributed by atoms with van der Waals surface area (Å²) in [6.45, 7) is 11.2. The predicted octanol–water partition coefficient (Wildman–Crippen LogP) is 7.11. The molecule has 0 spiro atoms. The summed E-state index contributed by atoms with van der Waals surface area (Å²) in [5.41, 5.74) is 2.59. The van der Waals surface area contributed by atoms with Crippen LogP contribution in [0.5, 0.6) is 0 Å².